The number of rotatable bonds is 2. The Morgan fingerprint density at radius 2 is 2.06 bits per heavy atom. The number of anilines is 1. The van der Waals surface area contributed by atoms with Crippen LogP contribution in [0.5, 0.6) is 0 Å². The molecule has 1 saturated heterocycles. The van der Waals surface area contributed by atoms with E-state index in [1.165, 1.54) is 0 Å². The topological polar surface area (TPSA) is 32.3 Å². The van der Waals surface area contributed by atoms with Crippen molar-refractivity contribution < 1.29 is 4.79 Å². The third kappa shape index (κ3) is 2.41. The molecule has 1 unspecified atom stereocenters. The van der Waals surface area contributed by atoms with Gasteiger partial charge in [-0.15, -0.1) is 0 Å². The number of nitrogens with one attached hydrogen (secondary N) is 1. The van der Waals surface area contributed by atoms with Gasteiger partial charge in [0.25, 0.3) is 0 Å². The number of benzene rings is 1. The fourth-order valence-electron chi connectivity index (χ4n) is 2.66. The Balaban J connectivity index is 2.21. The Bertz CT molecular complexity index is 436. The highest BCUT2D eigenvalue weighted by Crippen LogP contribution is 2.25. The van der Waals surface area contributed by atoms with Crippen LogP contribution in [0.25, 0.3) is 0 Å². The second kappa shape index (κ2) is 5.11. The van der Waals surface area contributed by atoms with Crippen molar-refractivity contribution in [1.82, 2.24) is 5.32 Å². The van der Waals surface area contributed by atoms with Gasteiger partial charge in [-0.1, -0.05) is 18.2 Å². The van der Waals surface area contributed by atoms with Crippen LogP contribution in [0.2, 0.25) is 0 Å². The lowest BCUT2D eigenvalue weighted by atomic mass is 9.89. The average Bonchev–Trinajstić information content (AvgIpc) is 2.38. The highest BCUT2D eigenvalue weighted by molar-refractivity contribution is 6.00. The quantitative estimate of drug-likeness (QED) is 0.869. The molecule has 98 valence electrons. The second-order valence-corrected chi connectivity index (χ2v) is 5.37. The van der Waals surface area contributed by atoms with E-state index in [1.807, 2.05) is 45.2 Å². The molecule has 1 amide bonds. The predicted molar refractivity (Wildman–Crippen MR) is 74.8 cm³/mol. The summed E-state index contributed by atoms with van der Waals surface area (Å²) < 4.78 is 0. The molecular formula is C15H22N2O. The summed E-state index contributed by atoms with van der Waals surface area (Å²) in [6, 6.07) is 8.01. The molecule has 0 bridgehead atoms. The number of aryl methyl sites for hydroxylation is 1. The highest BCUT2D eigenvalue weighted by atomic mass is 16.2. The molecule has 1 atom stereocenters. The summed E-state index contributed by atoms with van der Waals surface area (Å²) in [4.78, 5) is 14.4. The van der Waals surface area contributed by atoms with Crippen LogP contribution in [0.15, 0.2) is 24.3 Å². The zero-order valence-electron chi connectivity index (χ0n) is 11.5. The molecule has 1 heterocycles. The number of para-hydroxylation sites is 1. The fourth-order valence-corrected chi connectivity index (χ4v) is 2.66. The molecule has 0 spiro atoms. The van der Waals surface area contributed by atoms with Gasteiger partial charge in [0.1, 0.15) is 0 Å². The molecule has 1 N–H and O–H groups in total. The Kier molecular flexibility index (Phi) is 3.71. The van der Waals surface area contributed by atoms with Crippen molar-refractivity contribution in [3.8, 4) is 0 Å². The largest absolute Gasteiger partial charge is 0.314 e. The number of hydrogen-bond acceptors (Lipinski definition) is 2. The van der Waals surface area contributed by atoms with Crippen molar-refractivity contribution in [2.75, 3.05) is 18.5 Å². The minimum absolute atomic E-state index is 0.163. The Labute approximate surface area is 109 Å². The van der Waals surface area contributed by atoms with Gasteiger partial charge in [-0.3, -0.25) is 4.79 Å². The van der Waals surface area contributed by atoms with Crippen molar-refractivity contribution in [1.29, 1.82) is 0 Å². The van der Waals surface area contributed by atoms with Crippen LogP contribution in [0.4, 0.5) is 5.69 Å². The van der Waals surface area contributed by atoms with E-state index in [4.69, 9.17) is 0 Å². The summed E-state index contributed by atoms with van der Waals surface area (Å²) in [6.07, 6.45) is 3.20. The van der Waals surface area contributed by atoms with E-state index in [2.05, 4.69) is 5.32 Å². The summed E-state index contributed by atoms with van der Waals surface area (Å²) in [5.74, 6) is 0.163. The lowest BCUT2D eigenvalue weighted by molar-refractivity contribution is -0.124. The molecule has 1 aromatic carbocycles. The van der Waals surface area contributed by atoms with Gasteiger partial charge >= 0.3 is 0 Å². The predicted octanol–water partition coefficient (Wildman–Crippen LogP) is 2.49. The van der Waals surface area contributed by atoms with Crippen LogP contribution in [-0.2, 0) is 4.79 Å². The highest BCUT2D eigenvalue weighted by Gasteiger charge is 2.36. The van der Waals surface area contributed by atoms with Gasteiger partial charge in [0.05, 0.1) is 5.54 Å². The third-order valence-corrected chi connectivity index (χ3v) is 3.87. The van der Waals surface area contributed by atoms with Crippen molar-refractivity contribution in [2.24, 2.45) is 0 Å². The number of likely N-dealkylation sites (N-methyl/N-ethyl adjacent to an activating group) is 1. The Morgan fingerprint density at radius 3 is 2.67 bits per heavy atom. The first kappa shape index (κ1) is 13.1. The van der Waals surface area contributed by atoms with E-state index in [0.717, 1.165) is 37.1 Å². The van der Waals surface area contributed by atoms with Crippen LogP contribution < -0.4 is 10.2 Å². The monoisotopic (exact) mass is 246 g/mol. The van der Waals surface area contributed by atoms with Gasteiger partial charge in [-0.25, -0.2) is 0 Å². The zero-order chi connectivity index (χ0) is 13.2. The smallest absolute Gasteiger partial charge is 0.246 e. The molecule has 2 rings (SSSR count). The summed E-state index contributed by atoms with van der Waals surface area (Å²) in [6.45, 7) is 4.99. The lowest BCUT2D eigenvalue weighted by Gasteiger charge is -2.37. The first-order valence-corrected chi connectivity index (χ1v) is 6.63. The maximum atomic E-state index is 12.6. The number of hydrogen-bond donors (Lipinski definition) is 1. The molecule has 0 radical (unpaired) electrons. The van der Waals surface area contributed by atoms with Gasteiger partial charge in [0.2, 0.25) is 5.91 Å². The van der Waals surface area contributed by atoms with Crippen LogP contribution in [0.1, 0.15) is 31.7 Å². The summed E-state index contributed by atoms with van der Waals surface area (Å²) in [5.41, 5.74) is 1.72. The molecular weight excluding hydrogens is 224 g/mol. The van der Waals surface area contributed by atoms with Crippen LogP contribution in [0.3, 0.4) is 0 Å². The third-order valence-electron chi connectivity index (χ3n) is 3.87. The number of piperidine rings is 1. The molecule has 1 aliphatic heterocycles. The zero-order valence-corrected chi connectivity index (χ0v) is 11.5. The molecule has 3 nitrogen and oxygen atoms in total. The summed E-state index contributed by atoms with van der Waals surface area (Å²) >= 11 is 0. The van der Waals surface area contributed by atoms with Crippen LogP contribution in [0, 0.1) is 6.92 Å². The van der Waals surface area contributed by atoms with Gasteiger partial charge < -0.3 is 10.2 Å². The molecule has 0 aromatic heterocycles. The summed E-state index contributed by atoms with van der Waals surface area (Å²) in [7, 11) is 1.87. The van der Waals surface area contributed by atoms with E-state index >= 15 is 0 Å². The van der Waals surface area contributed by atoms with Crippen molar-refractivity contribution in [2.45, 2.75) is 38.6 Å². The number of carbonyl (C=O) groups excluding carboxylic acids is 1. The number of carbonyl (C=O) groups is 1. The average molecular weight is 246 g/mol. The molecule has 0 aliphatic carbocycles. The molecule has 1 aliphatic rings. The second-order valence-electron chi connectivity index (χ2n) is 5.37. The maximum Gasteiger partial charge on any atom is 0.246 e. The van der Waals surface area contributed by atoms with Gasteiger partial charge in [-0.2, -0.15) is 0 Å². The molecule has 1 aromatic rings. The minimum atomic E-state index is -0.407. The number of nitrogens with zero attached hydrogens (tertiary/aromatic N) is 1. The SMILES string of the molecule is Cc1ccccc1N(C)C(=O)C1(C)CCCCN1. The molecule has 1 fully saturated rings. The van der Waals surface area contributed by atoms with Crippen LogP contribution >= 0.6 is 0 Å². The van der Waals surface area contributed by atoms with E-state index < -0.39 is 5.54 Å². The van der Waals surface area contributed by atoms with E-state index in [1.54, 1.807) is 4.90 Å². The van der Waals surface area contributed by atoms with E-state index in [-0.39, 0.29) is 5.91 Å². The minimum Gasteiger partial charge on any atom is -0.314 e. The molecule has 0 saturated carbocycles. The fraction of sp³-hybridized carbons (Fsp3) is 0.533. The van der Waals surface area contributed by atoms with E-state index in [9.17, 15) is 4.79 Å². The van der Waals surface area contributed by atoms with Crippen molar-refractivity contribution in [3.63, 3.8) is 0 Å². The van der Waals surface area contributed by atoms with Gasteiger partial charge in [0, 0.05) is 12.7 Å². The summed E-state index contributed by atoms with van der Waals surface area (Å²) in [5, 5.41) is 3.37. The number of amides is 1. The Morgan fingerprint density at radius 1 is 1.33 bits per heavy atom. The molecule has 3 heteroatoms. The van der Waals surface area contributed by atoms with Crippen LogP contribution in [-0.4, -0.2) is 25.0 Å². The first-order chi connectivity index (χ1) is 8.54. The van der Waals surface area contributed by atoms with Crippen molar-refractivity contribution in [3.05, 3.63) is 29.8 Å². The van der Waals surface area contributed by atoms with Gasteiger partial charge in [0.15, 0.2) is 0 Å². The van der Waals surface area contributed by atoms with Gasteiger partial charge in [-0.05, 0) is 51.3 Å². The maximum absolute atomic E-state index is 12.6. The standard InChI is InChI=1S/C15H22N2O/c1-12-8-4-5-9-13(12)17(3)14(18)15(2)10-6-7-11-16-15/h4-5,8-9,16H,6-7,10-11H2,1-3H3. The first-order valence-electron chi connectivity index (χ1n) is 6.63. The lowest BCUT2D eigenvalue weighted by Crippen LogP contribution is -2.57. The van der Waals surface area contributed by atoms with E-state index in [0.29, 0.717) is 0 Å². The molecule has 18 heavy (non-hydrogen) atoms. The van der Waals surface area contributed by atoms with Crippen molar-refractivity contribution >= 4 is 11.6 Å². The Hall–Kier alpha value is -1.35. The normalized spacial score (nSPS) is 23.7.